The fourth-order valence-corrected chi connectivity index (χ4v) is 1.15. The number of hydrogen-bond acceptors (Lipinski definition) is 6. The van der Waals surface area contributed by atoms with Gasteiger partial charge in [-0.05, 0) is 16.4 Å². The fraction of sp³-hybridized carbons (Fsp3) is 0. The highest BCUT2D eigenvalue weighted by Crippen LogP contribution is 2.04. The fourth-order valence-electron chi connectivity index (χ4n) is 1.15. The summed E-state index contributed by atoms with van der Waals surface area (Å²) < 4.78 is 17.6. The molecule has 0 fully saturated rings. The van der Waals surface area contributed by atoms with Crippen LogP contribution >= 0.6 is 0 Å². The van der Waals surface area contributed by atoms with Crippen LogP contribution in [0.15, 0.2) is 39.1 Å². The molecule has 0 saturated carbocycles. The minimum atomic E-state index is -0.405. The molecule has 92 valence electrons. The van der Waals surface area contributed by atoms with Gasteiger partial charge >= 0.3 is 0 Å². The maximum absolute atomic E-state index is 13.2. The van der Waals surface area contributed by atoms with E-state index < -0.39 is 5.82 Å². The van der Waals surface area contributed by atoms with Gasteiger partial charge in [0, 0.05) is 5.56 Å². The highest BCUT2D eigenvalue weighted by atomic mass is 19.1. The molecule has 0 bridgehead atoms. The van der Waals surface area contributed by atoms with Crippen LogP contribution in [0.4, 0.5) is 10.2 Å². The van der Waals surface area contributed by atoms with E-state index in [1.165, 1.54) is 12.3 Å². The maximum atomic E-state index is 13.2. The largest absolute Gasteiger partial charge is 0.380 e. The number of hydrogen-bond donors (Lipinski definition) is 2. The summed E-state index contributed by atoms with van der Waals surface area (Å²) in [6, 6.07) is 6.12. The van der Waals surface area contributed by atoms with Crippen LogP contribution in [0.2, 0.25) is 0 Å². The molecule has 4 N–H and O–H groups in total. The average Bonchev–Trinajstić information content (AvgIpc) is 2.78. The van der Waals surface area contributed by atoms with Crippen molar-refractivity contribution in [3.63, 3.8) is 0 Å². The second-order valence-corrected chi connectivity index (χ2v) is 3.25. The van der Waals surface area contributed by atoms with Crippen LogP contribution in [0.5, 0.6) is 0 Å². The Hall–Kier alpha value is -2.77. The van der Waals surface area contributed by atoms with Crippen molar-refractivity contribution in [2.24, 2.45) is 15.9 Å². The van der Waals surface area contributed by atoms with Gasteiger partial charge in [0.2, 0.25) is 0 Å². The third-order valence-electron chi connectivity index (χ3n) is 2.02. The summed E-state index contributed by atoms with van der Waals surface area (Å²) in [7, 11) is 0. The van der Waals surface area contributed by atoms with Crippen molar-refractivity contribution in [1.29, 1.82) is 0 Å². The number of aromatic nitrogens is 2. The molecule has 1 heterocycles. The molecule has 1 aromatic carbocycles. The summed E-state index contributed by atoms with van der Waals surface area (Å²) in [6.45, 7) is 0. The number of anilines is 1. The van der Waals surface area contributed by atoms with Gasteiger partial charge in [-0.25, -0.2) is 9.02 Å². The lowest BCUT2D eigenvalue weighted by molar-refractivity contribution is 0.308. The molecule has 0 spiro atoms. The quantitative estimate of drug-likeness (QED) is 0.467. The molecule has 0 atom stereocenters. The van der Waals surface area contributed by atoms with Gasteiger partial charge in [-0.15, -0.1) is 5.10 Å². The Morgan fingerprint density at radius 2 is 2.11 bits per heavy atom. The number of nitrogens with zero attached hydrogens (tertiary/aromatic N) is 4. The highest BCUT2D eigenvalue weighted by molar-refractivity contribution is 5.99. The first-order chi connectivity index (χ1) is 8.68. The lowest BCUT2D eigenvalue weighted by atomic mass is 10.2. The van der Waals surface area contributed by atoms with Crippen molar-refractivity contribution in [3.05, 3.63) is 41.3 Å². The second kappa shape index (κ2) is 5.04. The van der Waals surface area contributed by atoms with E-state index in [9.17, 15) is 4.39 Å². The molecule has 8 heteroatoms. The van der Waals surface area contributed by atoms with Crippen molar-refractivity contribution in [2.75, 3.05) is 5.73 Å². The standard InChI is InChI=1S/C10H9FN6O/c11-7-4-2-1-3-6(7)5-14-15-9(12)8-10(13)17-18-16-8/h1-5H,(H2,12,15)(H2,13,17)/b14-5-. The van der Waals surface area contributed by atoms with Gasteiger partial charge in [-0.2, -0.15) is 5.10 Å². The molecule has 7 nitrogen and oxygen atoms in total. The first-order valence-corrected chi connectivity index (χ1v) is 4.88. The van der Waals surface area contributed by atoms with Crippen molar-refractivity contribution >= 4 is 17.9 Å². The summed E-state index contributed by atoms with van der Waals surface area (Å²) in [4.78, 5) is 0. The Morgan fingerprint density at radius 3 is 2.78 bits per heavy atom. The molecular weight excluding hydrogens is 239 g/mol. The molecule has 0 unspecified atom stereocenters. The van der Waals surface area contributed by atoms with Crippen LogP contribution in [0.25, 0.3) is 0 Å². The van der Waals surface area contributed by atoms with Crippen molar-refractivity contribution < 1.29 is 9.02 Å². The number of rotatable bonds is 3. The summed E-state index contributed by atoms with van der Waals surface area (Å²) in [6.07, 6.45) is 1.23. The Kier molecular flexibility index (Phi) is 3.28. The van der Waals surface area contributed by atoms with E-state index in [-0.39, 0.29) is 17.3 Å². The van der Waals surface area contributed by atoms with Gasteiger partial charge < -0.3 is 11.5 Å². The Balaban J connectivity index is 2.16. The SMILES string of the molecule is N/C(=N/N=C\c1ccccc1F)c1nonc1N. The average molecular weight is 248 g/mol. The summed E-state index contributed by atoms with van der Waals surface area (Å²) in [5, 5.41) is 14.0. The Morgan fingerprint density at radius 1 is 1.33 bits per heavy atom. The summed E-state index contributed by atoms with van der Waals surface area (Å²) in [5.74, 6) is -0.462. The van der Waals surface area contributed by atoms with Crippen LogP contribution in [-0.4, -0.2) is 22.4 Å². The number of nitrogens with two attached hydrogens (primary N) is 2. The molecule has 0 radical (unpaired) electrons. The van der Waals surface area contributed by atoms with Gasteiger partial charge in [-0.1, -0.05) is 18.2 Å². The maximum Gasteiger partial charge on any atom is 0.199 e. The number of benzene rings is 1. The monoisotopic (exact) mass is 248 g/mol. The van der Waals surface area contributed by atoms with E-state index in [4.69, 9.17) is 11.5 Å². The second-order valence-electron chi connectivity index (χ2n) is 3.25. The predicted molar refractivity (Wildman–Crippen MR) is 63.4 cm³/mol. The van der Waals surface area contributed by atoms with Crippen molar-refractivity contribution in [3.8, 4) is 0 Å². The van der Waals surface area contributed by atoms with Gasteiger partial charge in [0.05, 0.1) is 6.21 Å². The van der Waals surface area contributed by atoms with Gasteiger partial charge in [0.15, 0.2) is 17.3 Å². The zero-order valence-electron chi connectivity index (χ0n) is 9.12. The number of nitrogen functional groups attached to an aromatic ring is 1. The molecule has 0 aliphatic rings. The minimum absolute atomic E-state index is 0.0114. The van der Waals surface area contributed by atoms with Crippen LogP contribution in [0.1, 0.15) is 11.3 Å². The highest BCUT2D eigenvalue weighted by Gasteiger charge is 2.09. The van der Waals surface area contributed by atoms with E-state index in [0.717, 1.165) is 0 Å². The van der Waals surface area contributed by atoms with Gasteiger partial charge in [0.25, 0.3) is 0 Å². The normalized spacial score (nSPS) is 12.2. The first kappa shape index (κ1) is 11.7. The van der Waals surface area contributed by atoms with Gasteiger partial charge in [0.1, 0.15) is 5.82 Å². The summed E-state index contributed by atoms with van der Waals surface area (Å²) >= 11 is 0. The topological polar surface area (TPSA) is 116 Å². The lowest BCUT2D eigenvalue weighted by Crippen LogP contribution is -2.15. The van der Waals surface area contributed by atoms with Crippen molar-refractivity contribution in [2.45, 2.75) is 0 Å². The van der Waals surface area contributed by atoms with Crippen molar-refractivity contribution in [1.82, 2.24) is 10.3 Å². The van der Waals surface area contributed by atoms with E-state index in [0.29, 0.717) is 5.56 Å². The molecule has 0 aliphatic heterocycles. The van der Waals surface area contributed by atoms with E-state index in [2.05, 4.69) is 25.1 Å². The molecule has 1 aromatic heterocycles. The van der Waals surface area contributed by atoms with E-state index in [1.54, 1.807) is 18.2 Å². The first-order valence-electron chi connectivity index (χ1n) is 4.88. The number of amidine groups is 1. The zero-order valence-corrected chi connectivity index (χ0v) is 9.12. The zero-order chi connectivity index (χ0) is 13.0. The lowest BCUT2D eigenvalue weighted by Gasteiger charge is -1.93. The smallest absolute Gasteiger partial charge is 0.199 e. The third-order valence-corrected chi connectivity index (χ3v) is 2.02. The summed E-state index contributed by atoms with van der Waals surface area (Å²) in [5.41, 5.74) is 11.3. The molecule has 2 rings (SSSR count). The molecule has 0 amide bonds. The van der Waals surface area contributed by atoms with Crippen LogP contribution < -0.4 is 11.5 Å². The molecular formula is C10H9FN6O. The Labute approximate surface area is 101 Å². The van der Waals surface area contributed by atoms with Gasteiger partial charge in [-0.3, -0.25) is 0 Å². The van der Waals surface area contributed by atoms with Crippen LogP contribution in [0.3, 0.4) is 0 Å². The van der Waals surface area contributed by atoms with E-state index in [1.807, 2.05) is 0 Å². The minimum Gasteiger partial charge on any atom is -0.380 e. The molecule has 18 heavy (non-hydrogen) atoms. The predicted octanol–water partition coefficient (Wildman–Crippen LogP) is 0.530. The van der Waals surface area contributed by atoms with Crippen LogP contribution in [-0.2, 0) is 0 Å². The molecule has 0 saturated heterocycles. The van der Waals surface area contributed by atoms with E-state index >= 15 is 0 Å². The number of halogens is 1. The molecule has 0 aliphatic carbocycles. The third kappa shape index (κ3) is 2.48. The van der Waals surface area contributed by atoms with Crippen LogP contribution in [0, 0.1) is 5.82 Å². The Bertz CT molecular complexity index is 606. The molecule has 2 aromatic rings.